The van der Waals surface area contributed by atoms with Crippen molar-refractivity contribution in [2.45, 2.75) is 32.4 Å². The van der Waals surface area contributed by atoms with Gasteiger partial charge in [0.25, 0.3) is 0 Å². The van der Waals surface area contributed by atoms with Crippen LogP contribution in [0, 0.1) is 0 Å². The van der Waals surface area contributed by atoms with Crippen LogP contribution in [0.1, 0.15) is 31.0 Å². The highest BCUT2D eigenvalue weighted by Gasteiger charge is 2.10. The Morgan fingerprint density at radius 2 is 1.65 bits per heavy atom. The van der Waals surface area contributed by atoms with Gasteiger partial charge in [-0.3, -0.25) is 11.3 Å². The Morgan fingerprint density at radius 3 is 2.20 bits per heavy atom. The minimum atomic E-state index is 0.102. The Labute approximate surface area is 120 Å². The van der Waals surface area contributed by atoms with Gasteiger partial charge in [0.05, 0.1) is 6.10 Å². The molecule has 2 aromatic rings. The second-order valence-corrected chi connectivity index (χ2v) is 5.14. The van der Waals surface area contributed by atoms with E-state index in [2.05, 4.69) is 29.7 Å². The monoisotopic (exact) mass is 270 g/mol. The van der Waals surface area contributed by atoms with Crippen molar-refractivity contribution in [2.24, 2.45) is 5.84 Å². The Kier molecular flexibility index (Phi) is 5.16. The second-order valence-electron chi connectivity index (χ2n) is 5.14. The number of hydrazine groups is 1. The van der Waals surface area contributed by atoms with Crippen molar-refractivity contribution in [3.8, 4) is 5.75 Å². The van der Waals surface area contributed by atoms with Crippen LogP contribution in [0.4, 0.5) is 0 Å². The average molecular weight is 270 g/mol. The zero-order valence-corrected chi connectivity index (χ0v) is 12.0. The number of nitrogens with one attached hydrogen (secondary N) is 1. The van der Waals surface area contributed by atoms with E-state index in [1.54, 1.807) is 0 Å². The van der Waals surface area contributed by atoms with Gasteiger partial charge in [-0.05, 0) is 43.5 Å². The van der Waals surface area contributed by atoms with E-state index in [1.807, 2.05) is 44.2 Å². The Bertz CT molecular complexity index is 508. The summed E-state index contributed by atoms with van der Waals surface area (Å²) >= 11 is 0. The summed E-state index contributed by atoms with van der Waals surface area (Å²) in [7, 11) is 0. The summed E-state index contributed by atoms with van der Waals surface area (Å²) in [6, 6.07) is 18.5. The molecule has 20 heavy (non-hydrogen) atoms. The molecular formula is C17H22N2O. The van der Waals surface area contributed by atoms with Gasteiger partial charge < -0.3 is 4.74 Å². The maximum atomic E-state index is 5.69. The van der Waals surface area contributed by atoms with Crippen molar-refractivity contribution in [1.82, 2.24) is 5.43 Å². The lowest BCUT2D eigenvalue weighted by atomic mass is 9.99. The molecular weight excluding hydrogens is 248 g/mol. The number of benzene rings is 2. The first kappa shape index (κ1) is 14.6. The molecule has 0 radical (unpaired) electrons. The quantitative estimate of drug-likeness (QED) is 0.626. The molecule has 0 aliphatic carbocycles. The molecule has 1 atom stereocenters. The molecule has 0 bridgehead atoms. The summed E-state index contributed by atoms with van der Waals surface area (Å²) in [6.07, 6.45) is 1.05. The Hall–Kier alpha value is -1.84. The summed E-state index contributed by atoms with van der Waals surface area (Å²) in [4.78, 5) is 0. The van der Waals surface area contributed by atoms with E-state index in [0.717, 1.165) is 17.7 Å². The van der Waals surface area contributed by atoms with Gasteiger partial charge in [0.15, 0.2) is 0 Å². The van der Waals surface area contributed by atoms with Crippen molar-refractivity contribution < 1.29 is 4.74 Å². The minimum Gasteiger partial charge on any atom is -0.491 e. The molecule has 0 aromatic heterocycles. The third-order valence-electron chi connectivity index (χ3n) is 3.14. The fourth-order valence-electron chi connectivity index (χ4n) is 2.17. The molecule has 3 heteroatoms. The van der Waals surface area contributed by atoms with E-state index in [9.17, 15) is 0 Å². The summed E-state index contributed by atoms with van der Waals surface area (Å²) in [5.41, 5.74) is 5.31. The van der Waals surface area contributed by atoms with E-state index < -0.39 is 0 Å². The molecule has 0 spiro atoms. The first-order valence-electron chi connectivity index (χ1n) is 6.95. The zero-order chi connectivity index (χ0) is 14.4. The van der Waals surface area contributed by atoms with Crippen molar-refractivity contribution in [3.05, 3.63) is 65.7 Å². The standard InChI is InChI=1S/C17H22N2O/c1-13(2)20-16-10-8-15(9-11-16)17(19-18)12-14-6-4-3-5-7-14/h3-11,13,17,19H,12,18H2,1-2H3. The summed E-state index contributed by atoms with van der Waals surface area (Å²) in [6.45, 7) is 4.04. The summed E-state index contributed by atoms with van der Waals surface area (Å²) < 4.78 is 5.65. The van der Waals surface area contributed by atoms with Crippen LogP contribution in [0.5, 0.6) is 5.75 Å². The minimum absolute atomic E-state index is 0.102. The number of hydrogen-bond acceptors (Lipinski definition) is 3. The number of hydrogen-bond donors (Lipinski definition) is 2. The molecule has 3 nitrogen and oxygen atoms in total. The van der Waals surface area contributed by atoms with E-state index in [-0.39, 0.29) is 12.1 Å². The molecule has 2 rings (SSSR count). The highest BCUT2D eigenvalue weighted by atomic mass is 16.5. The van der Waals surface area contributed by atoms with E-state index in [1.165, 1.54) is 5.56 Å². The fourth-order valence-corrected chi connectivity index (χ4v) is 2.17. The number of nitrogens with two attached hydrogens (primary N) is 1. The lowest BCUT2D eigenvalue weighted by Crippen LogP contribution is -2.29. The maximum Gasteiger partial charge on any atom is 0.119 e. The van der Waals surface area contributed by atoms with Crippen molar-refractivity contribution >= 4 is 0 Å². The van der Waals surface area contributed by atoms with Crippen LogP contribution in [-0.4, -0.2) is 6.10 Å². The molecule has 106 valence electrons. The van der Waals surface area contributed by atoms with Crippen LogP contribution in [0.15, 0.2) is 54.6 Å². The van der Waals surface area contributed by atoms with Crippen molar-refractivity contribution in [1.29, 1.82) is 0 Å². The lowest BCUT2D eigenvalue weighted by Gasteiger charge is -2.17. The van der Waals surface area contributed by atoms with Gasteiger partial charge in [-0.25, -0.2) is 0 Å². The first-order valence-corrected chi connectivity index (χ1v) is 6.95. The summed E-state index contributed by atoms with van der Waals surface area (Å²) in [5.74, 6) is 6.58. The van der Waals surface area contributed by atoms with Gasteiger partial charge in [0.2, 0.25) is 0 Å². The fraction of sp³-hybridized carbons (Fsp3) is 0.294. The van der Waals surface area contributed by atoms with Crippen LogP contribution >= 0.6 is 0 Å². The highest BCUT2D eigenvalue weighted by molar-refractivity contribution is 5.30. The van der Waals surface area contributed by atoms with Crippen LogP contribution in [-0.2, 0) is 6.42 Å². The number of ether oxygens (including phenoxy) is 1. The average Bonchev–Trinajstić information content (AvgIpc) is 2.46. The summed E-state index contributed by atoms with van der Waals surface area (Å²) in [5, 5.41) is 0. The molecule has 0 fully saturated rings. The molecule has 0 aliphatic heterocycles. The lowest BCUT2D eigenvalue weighted by molar-refractivity contribution is 0.242. The van der Waals surface area contributed by atoms with Gasteiger partial charge in [-0.2, -0.15) is 0 Å². The van der Waals surface area contributed by atoms with E-state index in [4.69, 9.17) is 10.6 Å². The largest absolute Gasteiger partial charge is 0.491 e. The second kappa shape index (κ2) is 7.08. The highest BCUT2D eigenvalue weighted by Crippen LogP contribution is 2.21. The maximum absolute atomic E-state index is 5.69. The van der Waals surface area contributed by atoms with Gasteiger partial charge in [-0.1, -0.05) is 42.5 Å². The molecule has 0 amide bonds. The predicted octanol–water partition coefficient (Wildman–Crippen LogP) is 3.22. The third kappa shape index (κ3) is 4.08. The Balaban J connectivity index is 2.07. The number of rotatable bonds is 6. The van der Waals surface area contributed by atoms with Crippen LogP contribution in [0.2, 0.25) is 0 Å². The van der Waals surface area contributed by atoms with E-state index >= 15 is 0 Å². The molecule has 0 saturated heterocycles. The SMILES string of the molecule is CC(C)Oc1ccc(C(Cc2ccccc2)NN)cc1. The first-order chi connectivity index (χ1) is 9.69. The van der Waals surface area contributed by atoms with Gasteiger partial charge in [0.1, 0.15) is 5.75 Å². The van der Waals surface area contributed by atoms with E-state index in [0.29, 0.717) is 0 Å². The van der Waals surface area contributed by atoms with Gasteiger partial charge >= 0.3 is 0 Å². The Morgan fingerprint density at radius 1 is 1.00 bits per heavy atom. The molecule has 0 aliphatic rings. The van der Waals surface area contributed by atoms with Crippen LogP contribution in [0.25, 0.3) is 0 Å². The third-order valence-corrected chi connectivity index (χ3v) is 3.14. The zero-order valence-electron chi connectivity index (χ0n) is 12.0. The van der Waals surface area contributed by atoms with Crippen LogP contribution in [0.3, 0.4) is 0 Å². The normalized spacial score (nSPS) is 12.4. The molecule has 0 saturated carbocycles. The smallest absolute Gasteiger partial charge is 0.119 e. The topological polar surface area (TPSA) is 47.3 Å². The molecule has 2 aromatic carbocycles. The molecule has 1 unspecified atom stereocenters. The van der Waals surface area contributed by atoms with Crippen molar-refractivity contribution in [2.75, 3.05) is 0 Å². The molecule has 0 heterocycles. The molecule has 3 N–H and O–H groups in total. The van der Waals surface area contributed by atoms with Crippen LogP contribution < -0.4 is 16.0 Å². The van der Waals surface area contributed by atoms with Gasteiger partial charge in [0, 0.05) is 6.04 Å². The van der Waals surface area contributed by atoms with Gasteiger partial charge in [-0.15, -0.1) is 0 Å². The van der Waals surface area contributed by atoms with Crippen molar-refractivity contribution in [3.63, 3.8) is 0 Å². The predicted molar refractivity (Wildman–Crippen MR) is 82.4 cm³/mol.